The lowest BCUT2D eigenvalue weighted by molar-refractivity contribution is -0.137. The van der Waals surface area contributed by atoms with Crippen LogP contribution in [-0.2, 0) is 6.18 Å². The number of rotatable bonds is 2. The van der Waals surface area contributed by atoms with Gasteiger partial charge in [0.25, 0.3) is 0 Å². The fourth-order valence-corrected chi connectivity index (χ4v) is 4.18. The van der Waals surface area contributed by atoms with Gasteiger partial charge in [-0.1, -0.05) is 11.6 Å². The van der Waals surface area contributed by atoms with Crippen LogP contribution in [0.3, 0.4) is 0 Å². The molecule has 0 fully saturated rings. The largest absolute Gasteiger partial charge is 0.416 e. The number of benzene rings is 3. The summed E-state index contributed by atoms with van der Waals surface area (Å²) in [6, 6.07) is 17.8. The normalized spacial score (nSPS) is 12.0. The van der Waals surface area contributed by atoms with Crippen LogP contribution in [0.4, 0.5) is 24.5 Å². The van der Waals surface area contributed by atoms with Crippen molar-refractivity contribution in [1.82, 2.24) is 0 Å². The Morgan fingerprint density at radius 1 is 0.769 bits per heavy atom. The van der Waals surface area contributed by atoms with Crippen LogP contribution in [0, 0.1) is 6.92 Å². The van der Waals surface area contributed by atoms with Crippen molar-refractivity contribution in [3.63, 3.8) is 0 Å². The van der Waals surface area contributed by atoms with Crippen LogP contribution in [0.2, 0.25) is 0 Å². The maximum absolute atomic E-state index is 12.8. The molecule has 0 atom stereocenters. The number of aryl methyl sites for hydroxylation is 1. The predicted molar refractivity (Wildman–Crippen MR) is 104 cm³/mol. The zero-order chi connectivity index (χ0) is 18.5. The number of nitrogens with zero attached hydrogens (tertiary/aromatic N) is 1. The highest BCUT2D eigenvalue weighted by Gasteiger charge is 2.30. The van der Waals surface area contributed by atoms with Gasteiger partial charge in [-0.3, -0.25) is 0 Å². The molecular formula is C21H16F3NS. The molecule has 3 aromatic carbocycles. The Bertz CT molecular complexity index is 1090. The van der Waals surface area contributed by atoms with Gasteiger partial charge in [0.2, 0.25) is 0 Å². The zero-order valence-corrected chi connectivity index (χ0v) is 15.1. The van der Waals surface area contributed by atoms with Crippen molar-refractivity contribution in [3.05, 3.63) is 71.8 Å². The fourth-order valence-electron chi connectivity index (χ4n) is 3.11. The van der Waals surface area contributed by atoms with Crippen LogP contribution >= 0.6 is 11.3 Å². The van der Waals surface area contributed by atoms with Crippen LogP contribution < -0.4 is 4.90 Å². The highest BCUT2D eigenvalue weighted by atomic mass is 32.1. The molecule has 0 radical (unpaired) electrons. The second kappa shape index (κ2) is 6.02. The van der Waals surface area contributed by atoms with Gasteiger partial charge >= 0.3 is 6.18 Å². The molecule has 1 heterocycles. The minimum absolute atomic E-state index is 0.635. The van der Waals surface area contributed by atoms with E-state index in [-0.39, 0.29) is 0 Å². The summed E-state index contributed by atoms with van der Waals surface area (Å²) in [7, 11) is 1.86. The molecule has 0 aliphatic rings. The first-order chi connectivity index (χ1) is 12.3. The van der Waals surface area contributed by atoms with Crippen molar-refractivity contribution in [2.24, 2.45) is 0 Å². The van der Waals surface area contributed by atoms with E-state index in [2.05, 4.69) is 37.3 Å². The standard InChI is InChI=1S/C21H16F3NS/c1-13-3-9-19-17(11-13)18-12-16(8-10-20(18)26-19)25(2)15-6-4-14(5-7-15)21(22,23)24/h3-12H,1-2H3. The van der Waals surface area contributed by atoms with E-state index in [1.54, 1.807) is 11.3 Å². The molecule has 0 aliphatic carbocycles. The van der Waals surface area contributed by atoms with E-state index in [0.29, 0.717) is 5.69 Å². The maximum Gasteiger partial charge on any atom is 0.416 e. The van der Waals surface area contributed by atoms with Gasteiger partial charge in [-0.05, 0) is 61.5 Å². The van der Waals surface area contributed by atoms with Crippen LogP contribution in [-0.4, -0.2) is 7.05 Å². The van der Waals surface area contributed by atoms with E-state index in [4.69, 9.17) is 0 Å². The highest BCUT2D eigenvalue weighted by molar-refractivity contribution is 7.25. The fraction of sp³-hybridized carbons (Fsp3) is 0.143. The van der Waals surface area contributed by atoms with Crippen LogP contribution in [0.1, 0.15) is 11.1 Å². The summed E-state index contributed by atoms with van der Waals surface area (Å²) < 4.78 is 40.7. The molecule has 0 spiro atoms. The smallest absolute Gasteiger partial charge is 0.345 e. The van der Waals surface area contributed by atoms with Gasteiger partial charge in [0.15, 0.2) is 0 Å². The monoisotopic (exact) mass is 371 g/mol. The number of fused-ring (bicyclic) bond motifs is 3. The van der Waals surface area contributed by atoms with E-state index in [1.165, 1.54) is 37.9 Å². The second-order valence-electron chi connectivity index (χ2n) is 6.39. The SMILES string of the molecule is Cc1ccc2sc3ccc(N(C)c4ccc(C(F)(F)F)cc4)cc3c2c1. The lowest BCUT2D eigenvalue weighted by Gasteiger charge is -2.20. The summed E-state index contributed by atoms with van der Waals surface area (Å²) in [5.74, 6) is 0. The molecule has 5 heteroatoms. The van der Waals surface area contributed by atoms with Gasteiger partial charge in [-0.15, -0.1) is 11.3 Å². The Morgan fingerprint density at radius 2 is 1.35 bits per heavy atom. The molecule has 1 aromatic heterocycles. The Kier molecular flexibility index (Phi) is 3.92. The van der Waals surface area contributed by atoms with E-state index in [0.717, 1.165) is 17.8 Å². The first kappa shape index (κ1) is 16.9. The lowest BCUT2D eigenvalue weighted by atomic mass is 10.1. The summed E-state index contributed by atoms with van der Waals surface area (Å²) >= 11 is 1.75. The van der Waals surface area contributed by atoms with Crippen LogP contribution in [0.5, 0.6) is 0 Å². The molecule has 0 N–H and O–H groups in total. The number of hydrogen-bond donors (Lipinski definition) is 0. The third kappa shape index (κ3) is 2.92. The first-order valence-electron chi connectivity index (χ1n) is 8.17. The summed E-state index contributed by atoms with van der Waals surface area (Å²) in [5, 5.41) is 2.39. The van der Waals surface area contributed by atoms with Gasteiger partial charge in [0, 0.05) is 38.6 Å². The number of hydrogen-bond acceptors (Lipinski definition) is 2. The summed E-state index contributed by atoms with van der Waals surface area (Å²) in [6.07, 6.45) is -4.32. The molecule has 0 saturated heterocycles. The third-order valence-electron chi connectivity index (χ3n) is 4.58. The molecule has 0 saturated carbocycles. The van der Waals surface area contributed by atoms with Gasteiger partial charge in [0.1, 0.15) is 0 Å². The average molecular weight is 371 g/mol. The van der Waals surface area contributed by atoms with Gasteiger partial charge in [-0.25, -0.2) is 0 Å². The van der Waals surface area contributed by atoms with E-state index in [1.807, 2.05) is 18.0 Å². The second-order valence-corrected chi connectivity index (χ2v) is 7.47. The minimum Gasteiger partial charge on any atom is -0.345 e. The molecule has 4 aromatic rings. The van der Waals surface area contributed by atoms with Crippen LogP contribution in [0.25, 0.3) is 20.2 Å². The molecule has 0 unspecified atom stereocenters. The Hall–Kier alpha value is -2.53. The topological polar surface area (TPSA) is 3.24 Å². The van der Waals surface area contributed by atoms with E-state index in [9.17, 15) is 13.2 Å². The summed E-state index contributed by atoms with van der Waals surface area (Å²) in [4.78, 5) is 1.90. The van der Waals surface area contributed by atoms with Crippen molar-refractivity contribution in [2.75, 3.05) is 11.9 Å². The Labute approximate surface area is 153 Å². The van der Waals surface area contributed by atoms with Gasteiger partial charge in [0.05, 0.1) is 5.56 Å². The Morgan fingerprint density at radius 3 is 2.00 bits per heavy atom. The van der Waals surface area contributed by atoms with Crippen LogP contribution in [0.15, 0.2) is 60.7 Å². The van der Waals surface area contributed by atoms with Gasteiger partial charge < -0.3 is 4.90 Å². The van der Waals surface area contributed by atoms with Crippen molar-refractivity contribution in [3.8, 4) is 0 Å². The molecule has 0 bridgehead atoms. The molecule has 26 heavy (non-hydrogen) atoms. The maximum atomic E-state index is 12.8. The number of anilines is 2. The minimum atomic E-state index is -4.32. The van der Waals surface area contributed by atoms with Crippen molar-refractivity contribution in [1.29, 1.82) is 0 Å². The molecule has 0 aliphatic heterocycles. The third-order valence-corrected chi connectivity index (χ3v) is 5.73. The summed E-state index contributed by atoms with van der Waals surface area (Å²) in [5.41, 5.74) is 2.23. The zero-order valence-electron chi connectivity index (χ0n) is 14.3. The molecule has 0 amide bonds. The number of halogens is 3. The quantitative estimate of drug-likeness (QED) is 0.362. The molecule has 132 valence electrons. The molecule has 1 nitrogen and oxygen atoms in total. The highest BCUT2D eigenvalue weighted by Crippen LogP contribution is 2.38. The van der Waals surface area contributed by atoms with Crippen molar-refractivity contribution < 1.29 is 13.2 Å². The van der Waals surface area contributed by atoms with Crippen molar-refractivity contribution >= 4 is 42.9 Å². The lowest BCUT2D eigenvalue weighted by Crippen LogP contribution is -2.10. The van der Waals surface area contributed by atoms with E-state index >= 15 is 0 Å². The number of alkyl halides is 3. The number of thiophene rings is 1. The predicted octanol–water partition coefficient (Wildman–Crippen LogP) is 7.15. The average Bonchev–Trinajstić information content (AvgIpc) is 2.97. The van der Waals surface area contributed by atoms with Crippen molar-refractivity contribution in [2.45, 2.75) is 13.1 Å². The summed E-state index contributed by atoms with van der Waals surface area (Å²) in [6.45, 7) is 2.07. The Balaban J connectivity index is 1.76. The first-order valence-corrected chi connectivity index (χ1v) is 8.98. The van der Waals surface area contributed by atoms with E-state index < -0.39 is 11.7 Å². The molecule has 4 rings (SSSR count). The van der Waals surface area contributed by atoms with Gasteiger partial charge in [-0.2, -0.15) is 13.2 Å². The molecular weight excluding hydrogens is 355 g/mol.